The summed E-state index contributed by atoms with van der Waals surface area (Å²) in [5.41, 5.74) is 5.59. The van der Waals surface area contributed by atoms with Crippen molar-refractivity contribution in [2.75, 3.05) is 39.8 Å². The molecule has 0 radical (unpaired) electrons. The number of rotatable bonds is 5. The van der Waals surface area contributed by atoms with E-state index < -0.39 is 0 Å². The van der Waals surface area contributed by atoms with Crippen LogP contribution in [0, 0.1) is 11.8 Å². The number of nitrogens with zero attached hydrogens (tertiary/aromatic N) is 2. The maximum atomic E-state index is 5.59. The largest absolute Gasteiger partial charge is 0.330 e. The molecule has 3 heteroatoms. The Hall–Kier alpha value is -0.120. The molecule has 0 bridgehead atoms. The van der Waals surface area contributed by atoms with Crippen LogP contribution in [0.3, 0.4) is 0 Å². The molecule has 2 rings (SSSR count). The van der Waals surface area contributed by atoms with Crippen LogP contribution >= 0.6 is 0 Å². The average Bonchev–Trinajstić information content (AvgIpc) is 2.36. The molecule has 0 amide bonds. The van der Waals surface area contributed by atoms with Gasteiger partial charge < -0.3 is 15.5 Å². The molecule has 0 spiro atoms. The van der Waals surface area contributed by atoms with Crippen LogP contribution in [0.15, 0.2) is 0 Å². The van der Waals surface area contributed by atoms with Crippen LogP contribution in [-0.4, -0.2) is 55.6 Å². The smallest absolute Gasteiger partial charge is 0.0145 e. The molecule has 3 unspecified atom stereocenters. The van der Waals surface area contributed by atoms with Gasteiger partial charge in [-0.15, -0.1) is 0 Å². The first-order chi connectivity index (χ1) is 8.70. The lowest BCUT2D eigenvalue weighted by Gasteiger charge is -2.46. The van der Waals surface area contributed by atoms with Crippen molar-refractivity contribution in [1.29, 1.82) is 0 Å². The van der Waals surface area contributed by atoms with E-state index in [0.29, 0.717) is 0 Å². The van der Waals surface area contributed by atoms with Gasteiger partial charge in [-0.2, -0.15) is 0 Å². The van der Waals surface area contributed by atoms with Gasteiger partial charge in [0, 0.05) is 19.1 Å². The lowest BCUT2D eigenvalue weighted by atomic mass is 9.84. The molecule has 2 aliphatic rings. The molecule has 2 aliphatic heterocycles. The molecule has 2 saturated heterocycles. The van der Waals surface area contributed by atoms with Crippen molar-refractivity contribution in [3.63, 3.8) is 0 Å². The minimum atomic E-state index is 0.812. The number of likely N-dealkylation sites (tertiary alicyclic amines) is 2. The Balaban J connectivity index is 1.76. The fourth-order valence-electron chi connectivity index (χ4n) is 3.89. The van der Waals surface area contributed by atoms with Crippen molar-refractivity contribution in [1.82, 2.24) is 9.80 Å². The van der Waals surface area contributed by atoms with Crippen LogP contribution < -0.4 is 5.73 Å². The summed E-state index contributed by atoms with van der Waals surface area (Å²) in [7, 11) is 2.32. The number of piperidine rings is 2. The Kier molecular flexibility index (Phi) is 5.46. The van der Waals surface area contributed by atoms with E-state index in [-0.39, 0.29) is 0 Å². The van der Waals surface area contributed by atoms with E-state index in [2.05, 4.69) is 23.8 Å². The summed E-state index contributed by atoms with van der Waals surface area (Å²) in [5, 5.41) is 0. The predicted octanol–water partition coefficient (Wildman–Crippen LogP) is 1.78. The van der Waals surface area contributed by atoms with E-state index in [1.54, 1.807) is 0 Å². The molecule has 2 fully saturated rings. The third-order valence-corrected chi connectivity index (χ3v) is 4.90. The number of hydrogen-bond donors (Lipinski definition) is 1. The molecule has 2 heterocycles. The highest BCUT2D eigenvalue weighted by atomic mass is 15.2. The first-order valence-electron chi connectivity index (χ1n) is 7.83. The van der Waals surface area contributed by atoms with Gasteiger partial charge in [-0.1, -0.05) is 6.92 Å². The summed E-state index contributed by atoms with van der Waals surface area (Å²) >= 11 is 0. The SMILES string of the molecule is CC(CCCN)CN1CCC2C(CCCN2C)C1. The van der Waals surface area contributed by atoms with Crippen molar-refractivity contribution < 1.29 is 0 Å². The molecule has 2 N–H and O–H groups in total. The van der Waals surface area contributed by atoms with E-state index in [1.165, 1.54) is 58.3 Å². The highest BCUT2D eigenvalue weighted by Crippen LogP contribution is 2.29. The maximum Gasteiger partial charge on any atom is 0.0145 e. The second-order valence-corrected chi connectivity index (χ2v) is 6.53. The molecule has 18 heavy (non-hydrogen) atoms. The summed E-state index contributed by atoms with van der Waals surface area (Å²) in [6.07, 6.45) is 6.70. The zero-order valence-electron chi connectivity index (χ0n) is 12.3. The second kappa shape index (κ2) is 6.88. The van der Waals surface area contributed by atoms with E-state index in [4.69, 9.17) is 5.73 Å². The Morgan fingerprint density at radius 1 is 1.28 bits per heavy atom. The Morgan fingerprint density at radius 3 is 2.89 bits per heavy atom. The summed E-state index contributed by atoms with van der Waals surface area (Å²) in [6, 6.07) is 0.870. The maximum absolute atomic E-state index is 5.59. The highest BCUT2D eigenvalue weighted by Gasteiger charge is 2.34. The first-order valence-corrected chi connectivity index (χ1v) is 7.83. The summed E-state index contributed by atoms with van der Waals surface area (Å²) < 4.78 is 0. The molecular weight excluding hydrogens is 222 g/mol. The molecule has 3 atom stereocenters. The second-order valence-electron chi connectivity index (χ2n) is 6.53. The molecule has 0 saturated carbocycles. The third-order valence-electron chi connectivity index (χ3n) is 4.90. The van der Waals surface area contributed by atoms with Crippen molar-refractivity contribution in [2.45, 2.75) is 45.1 Å². The van der Waals surface area contributed by atoms with Gasteiger partial charge >= 0.3 is 0 Å². The average molecular weight is 253 g/mol. The molecule has 3 nitrogen and oxygen atoms in total. The van der Waals surface area contributed by atoms with Crippen molar-refractivity contribution >= 4 is 0 Å². The van der Waals surface area contributed by atoms with Crippen LogP contribution in [0.4, 0.5) is 0 Å². The number of hydrogen-bond acceptors (Lipinski definition) is 3. The Morgan fingerprint density at radius 2 is 2.11 bits per heavy atom. The van der Waals surface area contributed by atoms with Crippen LogP contribution in [0.5, 0.6) is 0 Å². The fraction of sp³-hybridized carbons (Fsp3) is 1.00. The van der Waals surface area contributed by atoms with Gasteiger partial charge in [0.15, 0.2) is 0 Å². The van der Waals surface area contributed by atoms with Crippen molar-refractivity contribution in [3.8, 4) is 0 Å². The minimum Gasteiger partial charge on any atom is -0.330 e. The lowest BCUT2D eigenvalue weighted by Crippen LogP contribution is -2.53. The zero-order chi connectivity index (χ0) is 13.0. The quantitative estimate of drug-likeness (QED) is 0.810. The minimum absolute atomic E-state index is 0.812. The van der Waals surface area contributed by atoms with Crippen molar-refractivity contribution in [2.24, 2.45) is 17.6 Å². The molecular formula is C15H31N3. The van der Waals surface area contributed by atoms with E-state index in [9.17, 15) is 0 Å². The van der Waals surface area contributed by atoms with Gasteiger partial charge in [0.05, 0.1) is 0 Å². The van der Waals surface area contributed by atoms with Gasteiger partial charge in [-0.05, 0) is 70.6 Å². The van der Waals surface area contributed by atoms with Crippen LogP contribution in [0.2, 0.25) is 0 Å². The lowest BCUT2D eigenvalue weighted by molar-refractivity contribution is 0.0329. The predicted molar refractivity (Wildman–Crippen MR) is 77.7 cm³/mol. The molecule has 0 aromatic heterocycles. The van der Waals surface area contributed by atoms with Crippen LogP contribution in [-0.2, 0) is 0 Å². The number of fused-ring (bicyclic) bond motifs is 1. The van der Waals surface area contributed by atoms with Crippen molar-refractivity contribution in [3.05, 3.63) is 0 Å². The summed E-state index contributed by atoms with van der Waals surface area (Å²) in [4.78, 5) is 5.31. The van der Waals surface area contributed by atoms with Gasteiger partial charge in [-0.25, -0.2) is 0 Å². The zero-order valence-corrected chi connectivity index (χ0v) is 12.3. The molecule has 0 aromatic carbocycles. The van der Waals surface area contributed by atoms with E-state index in [0.717, 1.165) is 24.4 Å². The summed E-state index contributed by atoms with van der Waals surface area (Å²) in [6.45, 7) is 8.47. The molecule has 106 valence electrons. The molecule has 0 aliphatic carbocycles. The topological polar surface area (TPSA) is 32.5 Å². The van der Waals surface area contributed by atoms with Gasteiger partial charge in [0.25, 0.3) is 0 Å². The van der Waals surface area contributed by atoms with Crippen LogP contribution in [0.1, 0.15) is 39.0 Å². The normalized spacial score (nSPS) is 32.2. The van der Waals surface area contributed by atoms with E-state index in [1.807, 2.05) is 0 Å². The van der Waals surface area contributed by atoms with Crippen LogP contribution in [0.25, 0.3) is 0 Å². The summed E-state index contributed by atoms with van der Waals surface area (Å²) in [5.74, 6) is 1.74. The van der Waals surface area contributed by atoms with Gasteiger partial charge in [0.1, 0.15) is 0 Å². The Labute approximate surface area is 113 Å². The van der Waals surface area contributed by atoms with E-state index >= 15 is 0 Å². The highest BCUT2D eigenvalue weighted by molar-refractivity contribution is 4.89. The third kappa shape index (κ3) is 3.69. The Bertz CT molecular complexity index is 244. The number of nitrogens with two attached hydrogens (primary N) is 1. The fourth-order valence-corrected chi connectivity index (χ4v) is 3.89. The van der Waals surface area contributed by atoms with Gasteiger partial charge in [-0.3, -0.25) is 0 Å². The first kappa shape index (κ1) is 14.3. The molecule has 0 aromatic rings. The standard InChI is InChI=1S/C15H31N3/c1-13(5-3-8-16)11-18-10-7-15-14(12-18)6-4-9-17(15)2/h13-15H,3-12,16H2,1-2H3. The van der Waals surface area contributed by atoms with Gasteiger partial charge in [0.2, 0.25) is 0 Å². The monoisotopic (exact) mass is 253 g/mol.